The Balaban J connectivity index is 3.77. The van der Waals surface area contributed by atoms with Crippen molar-refractivity contribution in [1.82, 2.24) is 0 Å². The molecule has 0 saturated carbocycles. The van der Waals surface area contributed by atoms with Crippen molar-refractivity contribution >= 4 is 24.0 Å². The van der Waals surface area contributed by atoms with E-state index < -0.39 is 8.07 Å². The van der Waals surface area contributed by atoms with Crippen LogP contribution in [-0.2, 0) is 0 Å². The smallest absolute Gasteiger partial charge is 0.129 e. The lowest BCUT2D eigenvalue weighted by Gasteiger charge is -2.02. The van der Waals surface area contributed by atoms with E-state index in [-0.39, 0.29) is 0 Å². The zero-order valence-electron chi connectivity index (χ0n) is 9.00. The van der Waals surface area contributed by atoms with Crippen LogP contribution < -0.4 is 0 Å². The summed E-state index contributed by atoms with van der Waals surface area (Å²) in [6, 6.07) is 0. The van der Waals surface area contributed by atoms with Crippen molar-refractivity contribution in [3.05, 3.63) is 0 Å². The van der Waals surface area contributed by atoms with Gasteiger partial charge >= 0.3 is 0 Å². The Labute approximate surface area is 97.0 Å². The molecular formula is C12H15BrSi. The third kappa shape index (κ3) is 11.4. The summed E-state index contributed by atoms with van der Waals surface area (Å²) in [5, 5.41) is 0.726. The Morgan fingerprint density at radius 2 is 1.36 bits per heavy atom. The Kier molecular flexibility index (Phi) is 7.41. The molecule has 0 fully saturated rings. The summed E-state index contributed by atoms with van der Waals surface area (Å²) < 4.78 is 0. The average molecular weight is 267 g/mol. The van der Waals surface area contributed by atoms with Gasteiger partial charge in [-0.15, -0.1) is 5.54 Å². The van der Waals surface area contributed by atoms with Crippen molar-refractivity contribution < 1.29 is 0 Å². The van der Waals surface area contributed by atoms with Crippen LogP contribution in [0.25, 0.3) is 0 Å². The minimum atomic E-state index is -1.20. The molecule has 0 N–H and O–H groups in total. The maximum Gasteiger partial charge on any atom is 0.129 e. The highest BCUT2D eigenvalue weighted by molar-refractivity contribution is 9.09. The van der Waals surface area contributed by atoms with Crippen molar-refractivity contribution in [2.45, 2.75) is 32.5 Å². The first kappa shape index (κ1) is 13.4. The highest BCUT2D eigenvalue weighted by Crippen LogP contribution is 1.96. The molecule has 0 heterocycles. The van der Waals surface area contributed by atoms with E-state index in [1.165, 1.54) is 0 Å². The quantitative estimate of drug-likeness (QED) is 0.359. The second-order valence-corrected chi connectivity index (χ2v) is 9.06. The minimum absolute atomic E-state index is 0.653. The summed E-state index contributed by atoms with van der Waals surface area (Å²) in [4.78, 5) is 0. The van der Waals surface area contributed by atoms with Crippen LogP contribution in [0.5, 0.6) is 0 Å². The standard InChI is InChI=1S/C12H15BrSi/c1-14(2,3)12-10-8-6-4-5-7-9-11-13/h5,8,11H2,1-3H3. The molecule has 0 aromatic carbocycles. The van der Waals surface area contributed by atoms with E-state index in [9.17, 15) is 0 Å². The average Bonchev–Trinajstić information content (AvgIpc) is 2.08. The van der Waals surface area contributed by atoms with Crippen LogP contribution >= 0.6 is 15.9 Å². The maximum absolute atomic E-state index is 3.27. The molecule has 0 unspecified atom stereocenters. The lowest BCUT2D eigenvalue weighted by molar-refractivity contribution is 1.50. The zero-order chi connectivity index (χ0) is 10.9. The lowest BCUT2D eigenvalue weighted by atomic mass is 10.4. The molecule has 14 heavy (non-hydrogen) atoms. The molecule has 0 aromatic rings. The van der Waals surface area contributed by atoms with Gasteiger partial charge in [0, 0.05) is 0 Å². The fourth-order valence-electron chi connectivity index (χ4n) is 0.632. The lowest BCUT2D eigenvalue weighted by Crippen LogP contribution is -2.16. The molecule has 0 aliphatic heterocycles. The Morgan fingerprint density at radius 3 is 1.86 bits per heavy atom. The van der Waals surface area contributed by atoms with Crippen LogP contribution in [0.2, 0.25) is 19.6 Å². The van der Waals surface area contributed by atoms with Crippen LogP contribution in [0.4, 0.5) is 0 Å². The van der Waals surface area contributed by atoms with Gasteiger partial charge in [-0.2, -0.15) is 0 Å². The molecule has 0 saturated heterocycles. The van der Waals surface area contributed by atoms with E-state index in [0.717, 1.165) is 5.33 Å². The van der Waals surface area contributed by atoms with Crippen molar-refractivity contribution in [3.8, 4) is 35.1 Å². The zero-order valence-corrected chi connectivity index (χ0v) is 11.6. The van der Waals surface area contributed by atoms with Crippen LogP contribution in [0, 0.1) is 35.1 Å². The van der Waals surface area contributed by atoms with Gasteiger partial charge in [0.1, 0.15) is 8.07 Å². The number of hydrogen-bond acceptors (Lipinski definition) is 0. The molecule has 74 valence electrons. The molecule has 0 bridgehead atoms. The highest BCUT2D eigenvalue weighted by Gasteiger charge is 2.06. The number of hydrogen-bond donors (Lipinski definition) is 0. The fraction of sp³-hybridized carbons (Fsp3) is 0.500. The molecule has 0 radical (unpaired) electrons. The van der Waals surface area contributed by atoms with Gasteiger partial charge in [-0.05, 0) is 0 Å². The first-order valence-corrected chi connectivity index (χ1v) is 9.16. The van der Waals surface area contributed by atoms with Gasteiger partial charge in [0.2, 0.25) is 0 Å². The van der Waals surface area contributed by atoms with Crippen molar-refractivity contribution in [1.29, 1.82) is 0 Å². The van der Waals surface area contributed by atoms with Crippen LogP contribution in [0.15, 0.2) is 0 Å². The monoisotopic (exact) mass is 266 g/mol. The van der Waals surface area contributed by atoms with Gasteiger partial charge in [0.25, 0.3) is 0 Å². The highest BCUT2D eigenvalue weighted by atomic mass is 79.9. The van der Waals surface area contributed by atoms with Crippen LogP contribution in [0.3, 0.4) is 0 Å². The molecule has 0 rings (SSSR count). The first-order valence-electron chi connectivity index (χ1n) is 4.54. The molecule has 0 aromatic heterocycles. The second kappa shape index (κ2) is 7.75. The Bertz CT molecular complexity index is 330. The molecular weight excluding hydrogens is 252 g/mol. The molecule has 0 amide bonds. The molecule has 0 nitrogen and oxygen atoms in total. The number of halogens is 1. The van der Waals surface area contributed by atoms with Gasteiger partial charge < -0.3 is 0 Å². The van der Waals surface area contributed by atoms with Gasteiger partial charge in [0.05, 0.1) is 18.2 Å². The Hall–Kier alpha value is -0.623. The SMILES string of the molecule is C[Si](C)(C)C#CCC#CCC#CCBr. The summed E-state index contributed by atoms with van der Waals surface area (Å²) in [5.41, 5.74) is 3.27. The largest absolute Gasteiger partial charge is 0.131 e. The third-order valence-electron chi connectivity index (χ3n) is 1.13. The number of rotatable bonds is 0. The van der Waals surface area contributed by atoms with E-state index in [0.29, 0.717) is 12.8 Å². The molecule has 2 heteroatoms. The predicted octanol–water partition coefficient (Wildman–Crippen LogP) is 3.05. The minimum Gasteiger partial charge on any atom is -0.131 e. The summed E-state index contributed by atoms with van der Waals surface area (Å²) >= 11 is 3.23. The van der Waals surface area contributed by atoms with Crippen LogP contribution in [0.1, 0.15) is 12.8 Å². The van der Waals surface area contributed by atoms with E-state index in [2.05, 4.69) is 70.7 Å². The summed E-state index contributed by atoms with van der Waals surface area (Å²) in [6.45, 7) is 6.69. The fourth-order valence-corrected chi connectivity index (χ4v) is 1.45. The topological polar surface area (TPSA) is 0 Å². The van der Waals surface area contributed by atoms with Crippen molar-refractivity contribution in [2.75, 3.05) is 5.33 Å². The normalized spacial score (nSPS) is 8.57. The Morgan fingerprint density at radius 1 is 0.857 bits per heavy atom. The summed E-state index contributed by atoms with van der Waals surface area (Å²) in [7, 11) is -1.20. The predicted molar refractivity (Wildman–Crippen MR) is 69.7 cm³/mol. The van der Waals surface area contributed by atoms with Crippen LogP contribution in [-0.4, -0.2) is 13.4 Å². The number of alkyl halides is 1. The van der Waals surface area contributed by atoms with E-state index in [1.54, 1.807) is 0 Å². The van der Waals surface area contributed by atoms with Gasteiger partial charge in [-0.1, -0.05) is 65.2 Å². The maximum atomic E-state index is 3.27. The molecule has 0 aliphatic carbocycles. The van der Waals surface area contributed by atoms with E-state index >= 15 is 0 Å². The summed E-state index contributed by atoms with van der Waals surface area (Å²) in [5.74, 6) is 14.9. The molecule has 0 atom stereocenters. The second-order valence-electron chi connectivity index (χ2n) is 3.75. The summed E-state index contributed by atoms with van der Waals surface area (Å²) in [6.07, 6.45) is 1.33. The van der Waals surface area contributed by atoms with Gasteiger partial charge in [0.15, 0.2) is 0 Å². The van der Waals surface area contributed by atoms with E-state index in [1.807, 2.05) is 0 Å². The third-order valence-corrected chi connectivity index (χ3v) is 2.34. The van der Waals surface area contributed by atoms with Gasteiger partial charge in [-0.25, -0.2) is 0 Å². The first-order chi connectivity index (χ1) is 6.56. The van der Waals surface area contributed by atoms with Gasteiger partial charge in [-0.3, -0.25) is 0 Å². The van der Waals surface area contributed by atoms with Crippen molar-refractivity contribution in [3.63, 3.8) is 0 Å². The van der Waals surface area contributed by atoms with E-state index in [4.69, 9.17) is 0 Å². The molecule has 0 aliphatic rings. The van der Waals surface area contributed by atoms with Crippen molar-refractivity contribution in [2.24, 2.45) is 0 Å². The molecule has 0 spiro atoms.